The number of halogens is 12. The van der Waals surface area contributed by atoms with Crippen LogP contribution in [0.5, 0.6) is 5.75 Å². The Morgan fingerprint density at radius 2 is 1.21 bits per heavy atom. The Kier molecular flexibility index (Phi) is 5.94. The van der Waals surface area contributed by atoms with Gasteiger partial charge in [-0.15, -0.1) is 0 Å². The summed E-state index contributed by atoms with van der Waals surface area (Å²) in [4.78, 5) is 2.57. The molecule has 2 atom stereocenters. The van der Waals surface area contributed by atoms with E-state index in [0.717, 1.165) is 0 Å². The first-order valence-electron chi connectivity index (χ1n) is 6.46. The van der Waals surface area contributed by atoms with Crippen LogP contribution in [0.1, 0.15) is 0 Å². The Labute approximate surface area is 145 Å². The van der Waals surface area contributed by atoms with Gasteiger partial charge >= 0.3 is 7.32 Å². The van der Waals surface area contributed by atoms with Crippen LogP contribution in [0.25, 0.3) is 0 Å². The Balaban J connectivity index is 2.42. The highest BCUT2D eigenvalue weighted by atomic mass is 19.3. The third-order valence-corrected chi connectivity index (χ3v) is 3.17. The van der Waals surface area contributed by atoms with Gasteiger partial charge in [-0.3, -0.25) is 0 Å². The van der Waals surface area contributed by atoms with Crippen LogP contribution in [0.2, 0.25) is 0 Å². The molecule has 0 spiro atoms. The summed E-state index contributed by atoms with van der Waals surface area (Å²) in [7, 11) is -3.69. The van der Waals surface area contributed by atoms with Crippen molar-refractivity contribution in [3.05, 3.63) is 52.4 Å². The maximum Gasteiger partial charge on any atom is 0.748 e. The Morgan fingerprint density at radius 3 is 1.68 bits per heavy atom. The summed E-state index contributed by atoms with van der Waals surface area (Å²) in [6.07, 6.45) is -4.15. The van der Waals surface area contributed by atoms with E-state index >= 15 is 0 Å². The van der Waals surface area contributed by atoms with Crippen molar-refractivity contribution in [1.82, 2.24) is 0 Å². The molecule has 1 aliphatic rings. The van der Waals surface area contributed by atoms with E-state index in [0.29, 0.717) is 0 Å². The van der Waals surface area contributed by atoms with Gasteiger partial charge in [0.2, 0.25) is 41.1 Å². The molecule has 28 heavy (non-hydrogen) atoms. The van der Waals surface area contributed by atoms with Gasteiger partial charge in [-0.2, -0.15) is 13.6 Å². The third kappa shape index (κ3) is 3.30. The molecule has 0 heterocycles. The fraction of sp³-hybridized carbons (Fsp3) is 0.167. The highest BCUT2D eigenvalue weighted by Crippen LogP contribution is 2.45. The summed E-state index contributed by atoms with van der Waals surface area (Å²) < 4.78 is 165. The van der Waals surface area contributed by atoms with Gasteiger partial charge in [-0.25, -0.2) is 39.5 Å². The number of benzene rings is 1. The predicted octanol–water partition coefficient (Wildman–Crippen LogP) is 4.98. The summed E-state index contributed by atoms with van der Waals surface area (Å²) in [5.41, 5.74) is 0. The molecule has 0 saturated heterocycles. The van der Waals surface area contributed by atoms with Crippen LogP contribution in [0.3, 0.4) is 0 Å². The standard InChI is InChI=1S/C12HBF12O3/c14-1-2(15)5(18)9(6(19)3(1)16)26-13(28-25)27-12(24)10(22)7(20)4(17)8(21)11(12)23/h10H. The molecule has 16 heteroatoms. The van der Waals surface area contributed by atoms with E-state index in [-0.39, 0.29) is 0 Å². The molecular formula is C12HBF12O3. The maximum atomic E-state index is 14.2. The van der Waals surface area contributed by atoms with Crippen LogP contribution >= 0.6 is 0 Å². The molecule has 0 saturated carbocycles. The van der Waals surface area contributed by atoms with Gasteiger partial charge < -0.3 is 9.31 Å². The fourth-order valence-electron chi connectivity index (χ4n) is 1.83. The van der Waals surface area contributed by atoms with Gasteiger partial charge in [0.25, 0.3) is 5.85 Å². The van der Waals surface area contributed by atoms with Gasteiger partial charge in [0.15, 0.2) is 23.2 Å². The van der Waals surface area contributed by atoms with Crippen molar-refractivity contribution in [2.75, 3.05) is 0 Å². The van der Waals surface area contributed by atoms with Gasteiger partial charge in [0.1, 0.15) is 0 Å². The van der Waals surface area contributed by atoms with Crippen molar-refractivity contribution in [2.45, 2.75) is 12.0 Å². The molecule has 0 fully saturated rings. The fourth-order valence-corrected chi connectivity index (χ4v) is 1.83. The number of alkyl halides is 2. The van der Waals surface area contributed by atoms with E-state index in [1.165, 1.54) is 0 Å². The Hall–Kier alpha value is -2.36. The molecule has 0 radical (unpaired) electrons. The highest BCUT2D eigenvalue weighted by molar-refractivity contribution is 6.37. The minimum atomic E-state index is -5.05. The molecule has 1 aromatic rings. The topological polar surface area (TPSA) is 27.7 Å². The number of allylic oxidation sites excluding steroid dienone is 2. The van der Waals surface area contributed by atoms with Gasteiger partial charge in [-0.05, 0) is 0 Å². The van der Waals surface area contributed by atoms with Crippen molar-refractivity contribution in [1.29, 1.82) is 0 Å². The summed E-state index contributed by atoms with van der Waals surface area (Å²) in [5.74, 6) is -32.8. The van der Waals surface area contributed by atoms with Crippen molar-refractivity contribution < 1.29 is 67.0 Å². The lowest BCUT2D eigenvalue weighted by atomic mass is 10.0. The smallest absolute Gasteiger partial charge is 0.506 e. The van der Waals surface area contributed by atoms with Crippen molar-refractivity contribution in [3.8, 4) is 5.75 Å². The molecule has 0 bridgehead atoms. The van der Waals surface area contributed by atoms with Crippen LogP contribution in [-0.2, 0) is 9.51 Å². The predicted molar refractivity (Wildman–Crippen MR) is 63.1 cm³/mol. The first-order valence-corrected chi connectivity index (χ1v) is 6.46. The Morgan fingerprint density at radius 1 is 0.750 bits per heavy atom. The van der Waals surface area contributed by atoms with E-state index in [2.05, 4.69) is 14.2 Å². The van der Waals surface area contributed by atoms with E-state index in [4.69, 9.17) is 0 Å². The summed E-state index contributed by atoms with van der Waals surface area (Å²) >= 11 is 0. The van der Waals surface area contributed by atoms with Gasteiger partial charge in [0.05, 0.1) is 0 Å². The first kappa shape index (κ1) is 21.9. The molecule has 0 amide bonds. The summed E-state index contributed by atoms with van der Waals surface area (Å²) in [5, 5.41) is 0. The summed E-state index contributed by atoms with van der Waals surface area (Å²) in [6.45, 7) is 0. The Bertz CT molecular complexity index is 845. The number of hydrogen-bond acceptors (Lipinski definition) is 3. The molecule has 1 aromatic carbocycles. The molecule has 2 rings (SSSR count). The second-order valence-corrected chi connectivity index (χ2v) is 4.81. The zero-order valence-electron chi connectivity index (χ0n) is 12.4. The largest absolute Gasteiger partial charge is 0.748 e. The second kappa shape index (κ2) is 7.58. The van der Waals surface area contributed by atoms with E-state index in [1.54, 1.807) is 0 Å². The SMILES string of the molecule is FOB(Oc1c(F)c(F)c(F)c(F)c1F)OC1(F)C(F)=C(F)C(F)=C(F)C1F. The van der Waals surface area contributed by atoms with E-state index in [9.17, 15) is 52.8 Å². The molecule has 0 N–H and O–H groups in total. The molecule has 2 unspecified atom stereocenters. The third-order valence-electron chi connectivity index (χ3n) is 3.17. The van der Waals surface area contributed by atoms with Crippen LogP contribution in [0.4, 0.5) is 52.8 Å². The van der Waals surface area contributed by atoms with Gasteiger partial charge in [0, 0.05) is 0 Å². The van der Waals surface area contributed by atoms with Crippen molar-refractivity contribution in [3.63, 3.8) is 0 Å². The van der Waals surface area contributed by atoms with Crippen molar-refractivity contribution in [2.24, 2.45) is 0 Å². The summed E-state index contributed by atoms with van der Waals surface area (Å²) in [6, 6.07) is 0. The molecule has 3 nitrogen and oxygen atoms in total. The quantitative estimate of drug-likeness (QED) is 0.285. The van der Waals surface area contributed by atoms with Crippen LogP contribution in [-0.4, -0.2) is 19.3 Å². The number of hydrogen-bond donors (Lipinski definition) is 0. The number of rotatable bonds is 5. The second-order valence-electron chi connectivity index (χ2n) is 4.81. The van der Waals surface area contributed by atoms with E-state index in [1.807, 2.05) is 0 Å². The molecule has 0 aromatic heterocycles. The first-order chi connectivity index (χ1) is 12.9. The zero-order valence-corrected chi connectivity index (χ0v) is 12.4. The molecular weight excluding hydrogens is 431 g/mol. The average molecular weight is 432 g/mol. The zero-order chi connectivity index (χ0) is 21.5. The molecule has 0 aliphatic heterocycles. The normalized spacial score (nSPS) is 22.8. The average Bonchev–Trinajstić information content (AvgIpc) is 2.68. The highest BCUT2D eigenvalue weighted by Gasteiger charge is 2.59. The van der Waals surface area contributed by atoms with Crippen LogP contribution in [0, 0.1) is 29.1 Å². The van der Waals surface area contributed by atoms with Crippen LogP contribution in [0.15, 0.2) is 23.3 Å². The van der Waals surface area contributed by atoms with Crippen molar-refractivity contribution >= 4 is 7.32 Å². The molecule has 154 valence electrons. The lowest BCUT2D eigenvalue weighted by Crippen LogP contribution is -2.48. The lowest BCUT2D eigenvalue weighted by Gasteiger charge is -2.30. The minimum absolute atomic E-state index is 2.37. The lowest BCUT2D eigenvalue weighted by molar-refractivity contribution is -0.157. The molecule has 1 aliphatic carbocycles. The minimum Gasteiger partial charge on any atom is -0.506 e. The van der Waals surface area contributed by atoms with E-state index < -0.39 is 77.5 Å². The monoisotopic (exact) mass is 432 g/mol. The van der Waals surface area contributed by atoms with Gasteiger partial charge in [-0.1, -0.05) is 4.53 Å². The maximum absolute atomic E-state index is 14.2. The van der Waals surface area contributed by atoms with Crippen LogP contribution < -0.4 is 4.65 Å².